The van der Waals surface area contributed by atoms with Crippen molar-refractivity contribution in [1.82, 2.24) is 0 Å². The topological polar surface area (TPSA) is 29.5 Å². The van der Waals surface area contributed by atoms with E-state index in [4.69, 9.17) is 4.18 Å². The zero-order valence-corrected chi connectivity index (χ0v) is 7.04. The van der Waals surface area contributed by atoms with E-state index in [0.29, 0.717) is 0 Å². The number of aliphatic hydroxyl groups excluding tert-OH is 1. The molecular weight excluding hydrogens is 160 g/mol. The first-order valence-corrected chi connectivity index (χ1v) is 4.07. The highest BCUT2D eigenvalue weighted by atomic mass is 32.2. The summed E-state index contributed by atoms with van der Waals surface area (Å²) in [5.41, 5.74) is 0.278. The molecule has 0 radical (unpaired) electrons. The normalized spacial score (nSPS) is 12.9. The zero-order valence-electron chi connectivity index (χ0n) is 6.23. The number of rotatable bonds is 3. The molecular formula is C8H10O2S. The molecule has 3 heteroatoms. The van der Waals surface area contributed by atoms with E-state index in [9.17, 15) is 5.11 Å². The van der Waals surface area contributed by atoms with Crippen molar-refractivity contribution in [3.05, 3.63) is 35.9 Å². The Kier molecular flexibility index (Phi) is 3.42. The highest BCUT2D eigenvalue weighted by Crippen LogP contribution is 2.24. The number of aliphatic hydroxyl groups is 1. The minimum Gasteiger partial charge on any atom is -0.376 e. The number of hydrogen-bond acceptors (Lipinski definition) is 3. The van der Waals surface area contributed by atoms with E-state index in [1.54, 1.807) is 0 Å². The molecule has 0 aliphatic heterocycles. The second-order valence-corrected chi connectivity index (χ2v) is 3.00. The Morgan fingerprint density at radius 1 is 1.36 bits per heavy atom. The van der Waals surface area contributed by atoms with Crippen LogP contribution in [0.15, 0.2) is 30.3 Å². The maximum absolute atomic E-state index is 9.36. The van der Waals surface area contributed by atoms with Crippen molar-refractivity contribution in [3.63, 3.8) is 0 Å². The third kappa shape index (κ3) is 2.54. The summed E-state index contributed by atoms with van der Waals surface area (Å²) in [5, 5.41) is 9.36. The van der Waals surface area contributed by atoms with Crippen molar-refractivity contribution in [1.29, 1.82) is 0 Å². The maximum atomic E-state index is 9.36. The predicted molar refractivity (Wildman–Crippen MR) is 46.0 cm³/mol. The fraction of sp³-hybridized carbons (Fsp3) is 0.250. The van der Waals surface area contributed by atoms with Gasteiger partial charge in [-0.2, -0.15) is 0 Å². The summed E-state index contributed by atoms with van der Waals surface area (Å²) >= 11 is 1.04. The SMILES string of the molecule is COSC(O)c1ccccc1. The molecule has 0 heterocycles. The Labute approximate surface area is 70.4 Å². The van der Waals surface area contributed by atoms with Crippen LogP contribution in [-0.4, -0.2) is 12.2 Å². The van der Waals surface area contributed by atoms with Crippen molar-refractivity contribution in [2.24, 2.45) is 0 Å². The lowest BCUT2D eigenvalue weighted by Crippen LogP contribution is -1.90. The summed E-state index contributed by atoms with van der Waals surface area (Å²) in [7, 11) is 1.54. The van der Waals surface area contributed by atoms with E-state index in [2.05, 4.69) is 0 Å². The van der Waals surface area contributed by atoms with Crippen molar-refractivity contribution in [2.45, 2.75) is 5.44 Å². The van der Waals surface area contributed by atoms with Gasteiger partial charge in [0.05, 0.1) is 7.11 Å². The van der Waals surface area contributed by atoms with Crippen LogP contribution >= 0.6 is 12.0 Å². The molecule has 1 aromatic carbocycles. The second kappa shape index (κ2) is 4.38. The van der Waals surface area contributed by atoms with E-state index in [-0.39, 0.29) is 0 Å². The van der Waals surface area contributed by atoms with Crippen LogP contribution in [0.4, 0.5) is 0 Å². The quantitative estimate of drug-likeness (QED) is 0.555. The first-order valence-electron chi connectivity index (χ1n) is 3.27. The Balaban J connectivity index is 2.61. The number of hydrogen-bond donors (Lipinski definition) is 1. The average Bonchev–Trinajstić information content (AvgIpc) is 2.07. The summed E-state index contributed by atoms with van der Waals surface area (Å²) < 4.78 is 4.72. The molecule has 60 valence electrons. The lowest BCUT2D eigenvalue weighted by molar-refractivity contribution is 0.258. The van der Waals surface area contributed by atoms with Crippen LogP contribution in [0.3, 0.4) is 0 Å². The molecule has 0 saturated carbocycles. The molecule has 0 aliphatic carbocycles. The van der Waals surface area contributed by atoms with Crippen LogP contribution in [0.25, 0.3) is 0 Å². The maximum Gasteiger partial charge on any atom is 0.150 e. The Morgan fingerprint density at radius 2 is 2.00 bits per heavy atom. The standard InChI is InChI=1S/C8H10O2S/c1-10-11-8(9)7-5-3-2-4-6-7/h2-6,8-9H,1H3. The lowest BCUT2D eigenvalue weighted by atomic mass is 10.2. The fourth-order valence-electron chi connectivity index (χ4n) is 0.764. The Hall–Kier alpha value is -0.510. The van der Waals surface area contributed by atoms with Crippen LogP contribution in [-0.2, 0) is 4.18 Å². The molecule has 0 saturated heterocycles. The molecule has 2 nitrogen and oxygen atoms in total. The minimum absolute atomic E-state index is 0.582. The summed E-state index contributed by atoms with van der Waals surface area (Å²) in [4.78, 5) is 0. The first-order chi connectivity index (χ1) is 5.34. The third-order valence-corrected chi connectivity index (χ3v) is 1.92. The van der Waals surface area contributed by atoms with E-state index in [1.807, 2.05) is 30.3 Å². The van der Waals surface area contributed by atoms with Gasteiger partial charge < -0.3 is 9.29 Å². The lowest BCUT2D eigenvalue weighted by Gasteiger charge is -2.06. The van der Waals surface area contributed by atoms with Gasteiger partial charge in [-0.3, -0.25) is 0 Å². The van der Waals surface area contributed by atoms with Crippen LogP contribution < -0.4 is 0 Å². The van der Waals surface area contributed by atoms with E-state index < -0.39 is 5.44 Å². The molecule has 1 N–H and O–H groups in total. The smallest absolute Gasteiger partial charge is 0.150 e. The molecule has 0 spiro atoms. The molecule has 1 unspecified atom stereocenters. The monoisotopic (exact) mass is 170 g/mol. The molecule has 1 aromatic rings. The van der Waals surface area contributed by atoms with Gasteiger partial charge in [-0.05, 0) is 5.56 Å². The van der Waals surface area contributed by atoms with Crippen LogP contribution in [0, 0.1) is 0 Å². The van der Waals surface area contributed by atoms with Crippen molar-refractivity contribution in [3.8, 4) is 0 Å². The molecule has 0 fully saturated rings. The van der Waals surface area contributed by atoms with E-state index in [1.165, 1.54) is 7.11 Å². The van der Waals surface area contributed by atoms with Gasteiger partial charge in [0.25, 0.3) is 0 Å². The largest absolute Gasteiger partial charge is 0.376 e. The zero-order chi connectivity index (χ0) is 8.10. The van der Waals surface area contributed by atoms with Crippen LogP contribution in [0.2, 0.25) is 0 Å². The molecule has 0 bridgehead atoms. The van der Waals surface area contributed by atoms with Crippen LogP contribution in [0.5, 0.6) is 0 Å². The predicted octanol–water partition coefficient (Wildman–Crippen LogP) is 1.97. The van der Waals surface area contributed by atoms with Gasteiger partial charge in [-0.1, -0.05) is 30.3 Å². The summed E-state index contributed by atoms with van der Waals surface area (Å²) in [6.07, 6.45) is 0. The fourth-order valence-corrected chi connectivity index (χ4v) is 1.21. The minimum atomic E-state index is -0.582. The highest BCUT2D eigenvalue weighted by Gasteiger charge is 2.05. The van der Waals surface area contributed by atoms with E-state index in [0.717, 1.165) is 17.6 Å². The summed E-state index contributed by atoms with van der Waals surface area (Å²) in [5.74, 6) is 0. The molecule has 1 rings (SSSR count). The summed E-state index contributed by atoms with van der Waals surface area (Å²) in [6, 6.07) is 9.39. The third-order valence-electron chi connectivity index (χ3n) is 1.27. The van der Waals surface area contributed by atoms with Gasteiger partial charge >= 0.3 is 0 Å². The molecule has 0 amide bonds. The van der Waals surface area contributed by atoms with Gasteiger partial charge in [-0.15, -0.1) is 0 Å². The van der Waals surface area contributed by atoms with E-state index >= 15 is 0 Å². The molecule has 0 aliphatic rings. The summed E-state index contributed by atoms with van der Waals surface area (Å²) in [6.45, 7) is 0. The van der Waals surface area contributed by atoms with Gasteiger partial charge in [0.15, 0.2) is 5.44 Å². The second-order valence-electron chi connectivity index (χ2n) is 2.03. The van der Waals surface area contributed by atoms with Gasteiger partial charge in [-0.25, -0.2) is 0 Å². The molecule has 11 heavy (non-hydrogen) atoms. The molecule has 1 atom stereocenters. The Morgan fingerprint density at radius 3 is 2.55 bits per heavy atom. The van der Waals surface area contributed by atoms with Crippen molar-refractivity contribution >= 4 is 12.0 Å². The van der Waals surface area contributed by atoms with Gasteiger partial charge in [0.1, 0.15) is 0 Å². The van der Waals surface area contributed by atoms with Gasteiger partial charge in [0.2, 0.25) is 0 Å². The highest BCUT2D eigenvalue weighted by molar-refractivity contribution is 7.94. The van der Waals surface area contributed by atoms with Gasteiger partial charge in [0, 0.05) is 12.0 Å². The van der Waals surface area contributed by atoms with Crippen molar-refractivity contribution < 1.29 is 9.29 Å². The Bertz CT molecular complexity index is 201. The molecule has 0 aromatic heterocycles. The number of benzene rings is 1. The first kappa shape index (κ1) is 8.59. The van der Waals surface area contributed by atoms with Crippen molar-refractivity contribution in [2.75, 3.05) is 7.11 Å². The van der Waals surface area contributed by atoms with Crippen LogP contribution in [0.1, 0.15) is 11.0 Å². The average molecular weight is 170 g/mol.